The van der Waals surface area contributed by atoms with E-state index >= 15 is 0 Å². The molecule has 0 radical (unpaired) electrons. The fraction of sp³-hybridized carbons (Fsp3) is 0.400. The number of hydrogen-bond donors (Lipinski definition) is 1. The molecule has 8 heteroatoms. The van der Waals surface area contributed by atoms with Crippen molar-refractivity contribution in [3.05, 3.63) is 52.8 Å². The Morgan fingerprint density at radius 1 is 1.21 bits per heavy atom. The molecule has 1 saturated carbocycles. The second-order valence-corrected chi connectivity index (χ2v) is 7.12. The Hall–Kier alpha value is -3.16. The van der Waals surface area contributed by atoms with E-state index < -0.39 is 5.69 Å². The van der Waals surface area contributed by atoms with Crippen LogP contribution in [0.15, 0.2) is 45.8 Å². The van der Waals surface area contributed by atoms with Gasteiger partial charge in [-0.25, -0.2) is 19.0 Å². The summed E-state index contributed by atoms with van der Waals surface area (Å²) in [5.74, 6) is 0.989. The van der Waals surface area contributed by atoms with Gasteiger partial charge < -0.3 is 9.73 Å². The lowest BCUT2D eigenvalue weighted by molar-refractivity contribution is -0.122. The van der Waals surface area contributed by atoms with Crippen LogP contribution in [0, 0.1) is 6.92 Å². The number of furan rings is 1. The quantitative estimate of drug-likeness (QED) is 0.732. The zero-order chi connectivity index (χ0) is 19.5. The molecular weight excluding hydrogens is 358 g/mol. The Morgan fingerprint density at radius 3 is 2.75 bits per heavy atom. The third-order valence-corrected chi connectivity index (χ3v) is 4.95. The van der Waals surface area contributed by atoms with Crippen molar-refractivity contribution in [2.24, 2.45) is 0 Å². The molecule has 3 aromatic heterocycles. The summed E-state index contributed by atoms with van der Waals surface area (Å²) in [5, 5.41) is 7.38. The highest BCUT2D eigenvalue weighted by molar-refractivity contribution is 5.76. The van der Waals surface area contributed by atoms with Gasteiger partial charge in [0.05, 0.1) is 6.26 Å². The average Bonchev–Trinajstić information content (AvgIpc) is 3.31. The Kier molecular flexibility index (Phi) is 5.10. The van der Waals surface area contributed by atoms with E-state index in [0.717, 1.165) is 31.4 Å². The number of carbonyl (C=O) groups excluding carboxylic acids is 1. The van der Waals surface area contributed by atoms with Crippen molar-refractivity contribution >= 4 is 5.91 Å². The third kappa shape index (κ3) is 3.76. The van der Waals surface area contributed by atoms with Gasteiger partial charge in [0.15, 0.2) is 5.76 Å². The van der Waals surface area contributed by atoms with Crippen molar-refractivity contribution in [1.82, 2.24) is 24.6 Å². The molecule has 0 aliphatic heterocycles. The summed E-state index contributed by atoms with van der Waals surface area (Å²) in [7, 11) is 0. The van der Waals surface area contributed by atoms with E-state index in [2.05, 4.69) is 15.4 Å². The molecule has 3 aromatic rings. The standard InChI is InChI=1S/C20H23N5O3/c1-14-7-5-11-17(21-14)25-19(16-10-6-12-28-16)23-24(20(25)27)13-18(26)22-15-8-3-2-4-9-15/h5-7,10-12,15H,2-4,8-9,13H2,1H3,(H,22,26). The van der Waals surface area contributed by atoms with Crippen LogP contribution in [0.4, 0.5) is 0 Å². The lowest BCUT2D eigenvalue weighted by Crippen LogP contribution is -2.40. The molecule has 0 spiro atoms. The minimum Gasteiger partial charge on any atom is -0.461 e. The Morgan fingerprint density at radius 2 is 2.04 bits per heavy atom. The SMILES string of the molecule is Cc1cccc(-n2c(-c3ccco3)nn(CC(=O)NC3CCCCC3)c2=O)n1. The molecule has 1 aliphatic carbocycles. The lowest BCUT2D eigenvalue weighted by Gasteiger charge is -2.22. The first-order valence-electron chi connectivity index (χ1n) is 9.59. The van der Waals surface area contributed by atoms with Gasteiger partial charge in [-0.05, 0) is 44.0 Å². The lowest BCUT2D eigenvalue weighted by atomic mass is 9.95. The van der Waals surface area contributed by atoms with Crippen molar-refractivity contribution in [1.29, 1.82) is 0 Å². The summed E-state index contributed by atoms with van der Waals surface area (Å²) in [5.41, 5.74) is 0.348. The van der Waals surface area contributed by atoms with E-state index in [1.54, 1.807) is 18.2 Å². The van der Waals surface area contributed by atoms with Crippen LogP contribution in [0.2, 0.25) is 0 Å². The fourth-order valence-corrected chi connectivity index (χ4v) is 3.59. The van der Waals surface area contributed by atoms with Crippen molar-refractivity contribution in [3.8, 4) is 17.4 Å². The molecule has 0 atom stereocenters. The molecule has 3 heterocycles. The second kappa shape index (κ2) is 7.84. The van der Waals surface area contributed by atoms with Gasteiger partial charge in [0.1, 0.15) is 12.4 Å². The topological polar surface area (TPSA) is 95.0 Å². The summed E-state index contributed by atoms with van der Waals surface area (Å²) in [6.07, 6.45) is 6.96. The molecule has 1 fully saturated rings. The predicted octanol–water partition coefficient (Wildman–Crippen LogP) is 2.45. The first-order chi connectivity index (χ1) is 13.6. The van der Waals surface area contributed by atoms with Crippen LogP contribution in [0.1, 0.15) is 37.8 Å². The molecule has 4 rings (SSSR count). The Labute approximate surface area is 162 Å². The van der Waals surface area contributed by atoms with Gasteiger partial charge in [0.25, 0.3) is 0 Å². The fourth-order valence-electron chi connectivity index (χ4n) is 3.59. The molecular formula is C20H23N5O3. The molecule has 146 valence electrons. The maximum Gasteiger partial charge on any atom is 0.352 e. The normalized spacial score (nSPS) is 14.9. The van der Waals surface area contributed by atoms with Gasteiger partial charge in [0, 0.05) is 11.7 Å². The molecule has 0 aromatic carbocycles. The van der Waals surface area contributed by atoms with Gasteiger partial charge in [0.2, 0.25) is 11.7 Å². The number of aryl methyl sites for hydroxylation is 1. The maximum absolute atomic E-state index is 13.0. The van der Waals surface area contributed by atoms with Crippen molar-refractivity contribution in [3.63, 3.8) is 0 Å². The highest BCUT2D eigenvalue weighted by atomic mass is 16.3. The van der Waals surface area contributed by atoms with Gasteiger partial charge >= 0.3 is 5.69 Å². The minimum atomic E-state index is -0.428. The summed E-state index contributed by atoms with van der Waals surface area (Å²) in [6, 6.07) is 9.03. The van der Waals surface area contributed by atoms with Crippen LogP contribution < -0.4 is 11.0 Å². The maximum atomic E-state index is 13.0. The van der Waals surface area contributed by atoms with Gasteiger partial charge in [-0.1, -0.05) is 25.3 Å². The third-order valence-electron chi connectivity index (χ3n) is 4.95. The molecule has 0 saturated heterocycles. The van der Waals surface area contributed by atoms with Crippen LogP contribution in [0.25, 0.3) is 17.4 Å². The Bertz CT molecular complexity index is 1010. The van der Waals surface area contributed by atoms with Crippen LogP contribution in [0.3, 0.4) is 0 Å². The number of aromatic nitrogens is 4. The minimum absolute atomic E-state index is 0.137. The number of nitrogens with zero attached hydrogens (tertiary/aromatic N) is 4. The first-order valence-corrected chi connectivity index (χ1v) is 9.59. The number of amides is 1. The van der Waals surface area contributed by atoms with Gasteiger partial charge in [-0.2, -0.15) is 0 Å². The molecule has 8 nitrogen and oxygen atoms in total. The van der Waals surface area contributed by atoms with E-state index in [9.17, 15) is 9.59 Å². The number of nitrogens with one attached hydrogen (secondary N) is 1. The monoisotopic (exact) mass is 381 g/mol. The number of rotatable bonds is 5. The van der Waals surface area contributed by atoms with Crippen molar-refractivity contribution in [2.45, 2.75) is 51.6 Å². The smallest absolute Gasteiger partial charge is 0.352 e. The van der Waals surface area contributed by atoms with Gasteiger partial charge in [-0.3, -0.25) is 4.79 Å². The average molecular weight is 381 g/mol. The number of carbonyl (C=O) groups is 1. The zero-order valence-electron chi connectivity index (χ0n) is 15.8. The van der Waals surface area contributed by atoms with E-state index in [4.69, 9.17) is 4.42 Å². The zero-order valence-corrected chi connectivity index (χ0v) is 15.8. The first kappa shape index (κ1) is 18.2. The van der Waals surface area contributed by atoms with Crippen LogP contribution >= 0.6 is 0 Å². The molecule has 1 aliphatic rings. The molecule has 0 unspecified atom stereocenters. The van der Waals surface area contributed by atoms with Crippen LogP contribution in [0.5, 0.6) is 0 Å². The van der Waals surface area contributed by atoms with Crippen LogP contribution in [-0.4, -0.2) is 31.3 Å². The number of pyridine rings is 1. The highest BCUT2D eigenvalue weighted by Crippen LogP contribution is 2.19. The summed E-state index contributed by atoms with van der Waals surface area (Å²) >= 11 is 0. The highest BCUT2D eigenvalue weighted by Gasteiger charge is 2.22. The van der Waals surface area contributed by atoms with Gasteiger partial charge in [-0.15, -0.1) is 5.10 Å². The predicted molar refractivity (Wildman–Crippen MR) is 103 cm³/mol. The molecule has 1 N–H and O–H groups in total. The summed E-state index contributed by atoms with van der Waals surface area (Å²) < 4.78 is 7.98. The number of hydrogen-bond acceptors (Lipinski definition) is 5. The molecule has 1 amide bonds. The van der Waals surface area contributed by atoms with Crippen molar-refractivity contribution < 1.29 is 9.21 Å². The Balaban J connectivity index is 1.66. The molecule has 0 bridgehead atoms. The van der Waals surface area contributed by atoms with E-state index in [-0.39, 0.29) is 18.5 Å². The molecule has 28 heavy (non-hydrogen) atoms. The van der Waals surface area contributed by atoms with Crippen LogP contribution in [-0.2, 0) is 11.3 Å². The van der Waals surface area contributed by atoms with Crippen molar-refractivity contribution in [2.75, 3.05) is 0 Å². The summed E-state index contributed by atoms with van der Waals surface area (Å²) in [6.45, 7) is 1.71. The van der Waals surface area contributed by atoms with E-state index in [1.807, 2.05) is 19.1 Å². The second-order valence-electron chi connectivity index (χ2n) is 7.12. The largest absolute Gasteiger partial charge is 0.461 e. The van der Waals surface area contributed by atoms with E-state index in [0.29, 0.717) is 17.4 Å². The van der Waals surface area contributed by atoms with E-state index in [1.165, 1.54) is 21.9 Å². The summed E-state index contributed by atoms with van der Waals surface area (Å²) in [4.78, 5) is 29.9.